The summed E-state index contributed by atoms with van der Waals surface area (Å²) in [6.07, 6.45) is 3.82. The number of hydrogen-bond acceptors (Lipinski definition) is 5. The Morgan fingerprint density at radius 2 is 1.88 bits per heavy atom. The summed E-state index contributed by atoms with van der Waals surface area (Å²) in [5.41, 5.74) is -1.75. The zero-order valence-electron chi connectivity index (χ0n) is 15.9. The normalized spacial score (nSPS) is 43.7. The lowest BCUT2D eigenvalue weighted by Crippen LogP contribution is -2.49. The van der Waals surface area contributed by atoms with Crippen LogP contribution in [0.15, 0.2) is 12.2 Å². The number of carbonyl (C=O) groups is 3. The maximum absolute atomic E-state index is 13.0. The Balaban J connectivity index is 2.16. The SMILES string of the molecule is CCC(=O)O[C@H]1C(C)(C)[C@@H]2[C@H](OC(C)=O)C[C@@H](C)[C@@]23C=CC(=O)[C@@]13C. The maximum atomic E-state index is 13.0. The molecule has 2 saturated carbocycles. The highest BCUT2D eigenvalue weighted by Crippen LogP contribution is 2.75. The predicted molar refractivity (Wildman–Crippen MR) is 91.5 cm³/mol. The van der Waals surface area contributed by atoms with Crippen molar-refractivity contribution in [2.75, 3.05) is 0 Å². The smallest absolute Gasteiger partial charge is 0.305 e. The van der Waals surface area contributed by atoms with Gasteiger partial charge in [0.2, 0.25) is 0 Å². The topological polar surface area (TPSA) is 69.7 Å². The van der Waals surface area contributed by atoms with Crippen LogP contribution in [0.3, 0.4) is 0 Å². The number of hydrogen-bond donors (Lipinski definition) is 0. The minimum Gasteiger partial charge on any atom is -0.462 e. The van der Waals surface area contributed by atoms with E-state index >= 15 is 0 Å². The van der Waals surface area contributed by atoms with Crippen molar-refractivity contribution in [3.63, 3.8) is 0 Å². The maximum Gasteiger partial charge on any atom is 0.305 e. The van der Waals surface area contributed by atoms with Gasteiger partial charge in [-0.2, -0.15) is 0 Å². The summed E-state index contributed by atoms with van der Waals surface area (Å²) in [5, 5.41) is 0. The second-order valence-electron chi connectivity index (χ2n) is 8.64. The van der Waals surface area contributed by atoms with Crippen molar-refractivity contribution in [3.05, 3.63) is 12.2 Å². The van der Waals surface area contributed by atoms with Gasteiger partial charge in [0.25, 0.3) is 0 Å². The molecule has 138 valence electrons. The van der Waals surface area contributed by atoms with E-state index in [-0.39, 0.29) is 42.1 Å². The van der Waals surface area contributed by atoms with E-state index < -0.39 is 22.3 Å². The molecule has 5 heteroatoms. The molecule has 3 rings (SSSR count). The first-order valence-corrected chi connectivity index (χ1v) is 9.13. The third-order valence-electron chi connectivity index (χ3n) is 7.07. The lowest BCUT2D eigenvalue weighted by molar-refractivity contribution is -0.168. The zero-order valence-corrected chi connectivity index (χ0v) is 15.9. The molecule has 0 aromatic rings. The minimum absolute atomic E-state index is 0.00676. The molecular weight excluding hydrogens is 320 g/mol. The van der Waals surface area contributed by atoms with E-state index in [0.717, 1.165) is 6.42 Å². The summed E-state index contributed by atoms with van der Waals surface area (Å²) in [7, 11) is 0. The highest BCUT2D eigenvalue weighted by atomic mass is 16.6. The van der Waals surface area contributed by atoms with E-state index in [0.29, 0.717) is 0 Å². The minimum atomic E-state index is -0.819. The van der Waals surface area contributed by atoms with Gasteiger partial charge < -0.3 is 9.47 Å². The van der Waals surface area contributed by atoms with Crippen LogP contribution < -0.4 is 0 Å². The Hall–Kier alpha value is -1.65. The summed E-state index contributed by atoms with van der Waals surface area (Å²) < 4.78 is 11.5. The van der Waals surface area contributed by atoms with Crippen molar-refractivity contribution in [1.82, 2.24) is 0 Å². The Labute approximate surface area is 149 Å². The van der Waals surface area contributed by atoms with Crippen LogP contribution in [0.1, 0.15) is 54.4 Å². The van der Waals surface area contributed by atoms with Gasteiger partial charge in [-0.1, -0.05) is 33.8 Å². The van der Waals surface area contributed by atoms with Crippen LogP contribution in [0.5, 0.6) is 0 Å². The van der Waals surface area contributed by atoms with Crippen molar-refractivity contribution in [2.45, 2.75) is 66.6 Å². The molecule has 0 aromatic heterocycles. The van der Waals surface area contributed by atoms with Crippen LogP contribution in [0.4, 0.5) is 0 Å². The summed E-state index contributed by atoms with van der Waals surface area (Å²) in [6, 6.07) is 0. The Bertz CT molecular complexity index is 663. The van der Waals surface area contributed by atoms with Crippen LogP contribution >= 0.6 is 0 Å². The van der Waals surface area contributed by atoms with Crippen molar-refractivity contribution in [3.8, 4) is 0 Å². The van der Waals surface area contributed by atoms with Gasteiger partial charge in [0.1, 0.15) is 12.2 Å². The zero-order chi connectivity index (χ0) is 18.8. The lowest BCUT2D eigenvalue weighted by atomic mass is 9.61. The molecule has 0 radical (unpaired) electrons. The third kappa shape index (κ3) is 2.04. The van der Waals surface area contributed by atoms with Crippen molar-refractivity contribution < 1.29 is 23.9 Å². The molecule has 1 spiro atoms. The standard InChI is InChI=1S/C20H28O5/c1-7-15(23)25-17-18(4,5)16-13(24-12(3)21)10-11(2)20(16)9-8-14(22)19(17,20)6/h8-9,11,13,16-17H,7,10H2,1-6H3/t11-,13-,16+,17+,19+,20+/m1/s1. The first-order chi connectivity index (χ1) is 11.5. The number of carbonyl (C=O) groups excluding carboxylic acids is 3. The second-order valence-corrected chi connectivity index (χ2v) is 8.64. The van der Waals surface area contributed by atoms with Crippen LogP contribution in [0, 0.1) is 28.1 Å². The molecule has 2 fully saturated rings. The fraction of sp³-hybridized carbons (Fsp3) is 0.750. The number of ketones is 1. The summed E-state index contributed by atoms with van der Waals surface area (Å²) in [5.74, 6) is -0.521. The Kier molecular flexibility index (Phi) is 3.94. The molecule has 3 aliphatic carbocycles. The van der Waals surface area contributed by atoms with Crippen molar-refractivity contribution in [2.24, 2.45) is 28.1 Å². The van der Waals surface area contributed by atoms with Crippen molar-refractivity contribution >= 4 is 17.7 Å². The van der Waals surface area contributed by atoms with Gasteiger partial charge in [-0.3, -0.25) is 14.4 Å². The fourth-order valence-electron chi connectivity index (χ4n) is 6.34. The monoisotopic (exact) mass is 348 g/mol. The predicted octanol–water partition coefficient (Wildman–Crippen LogP) is 3.07. The molecule has 0 aliphatic heterocycles. The number of rotatable bonds is 3. The van der Waals surface area contributed by atoms with Crippen LogP contribution in [-0.2, 0) is 23.9 Å². The second kappa shape index (κ2) is 5.42. The van der Waals surface area contributed by atoms with Crippen molar-refractivity contribution in [1.29, 1.82) is 0 Å². The molecular formula is C20H28O5. The third-order valence-corrected chi connectivity index (χ3v) is 7.07. The summed E-state index contributed by atoms with van der Waals surface area (Å²) in [6.45, 7) is 11.3. The van der Waals surface area contributed by atoms with Crippen LogP contribution in [0.2, 0.25) is 0 Å². The highest BCUT2D eigenvalue weighted by molar-refractivity contribution is 6.00. The molecule has 3 aliphatic rings. The van der Waals surface area contributed by atoms with Crippen LogP contribution in [0.25, 0.3) is 0 Å². The van der Waals surface area contributed by atoms with Gasteiger partial charge in [-0.25, -0.2) is 0 Å². The van der Waals surface area contributed by atoms with Crippen LogP contribution in [-0.4, -0.2) is 29.9 Å². The van der Waals surface area contributed by atoms with Gasteiger partial charge in [0.05, 0.1) is 5.41 Å². The van der Waals surface area contributed by atoms with Gasteiger partial charge in [0, 0.05) is 30.1 Å². The molecule has 0 unspecified atom stereocenters. The molecule has 0 bridgehead atoms. The number of esters is 2. The van der Waals surface area contributed by atoms with Gasteiger partial charge in [0.15, 0.2) is 5.78 Å². The molecule has 0 heterocycles. The molecule has 5 nitrogen and oxygen atoms in total. The molecule has 0 amide bonds. The van der Waals surface area contributed by atoms with E-state index in [1.54, 1.807) is 13.0 Å². The quantitative estimate of drug-likeness (QED) is 0.733. The molecule has 0 N–H and O–H groups in total. The largest absolute Gasteiger partial charge is 0.462 e. The van der Waals surface area contributed by atoms with E-state index in [9.17, 15) is 14.4 Å². The molecule has 6 atom stereocenters. The number of ether oxygens (including phenoxy) is 2. The van der Waals surface area contributed by atoms with Gasteiger partial charge in [-0.05, 0) is 25.3 Å². The molecule has 0 aromatic carbocycles. The highest BCUT2D eigenvalue weighted by Gasteiger charge is 2.80. The summed E-state index contributed by atoms with van der Waals surface area (Å²) in [4.78, 5) is 36.7. The average molecular weight is 348 g/mol. The van der Waals surface area contributed by atoms with Gasteiger partial charge >= 0.3 is 11.9 Å². The van der Waals surface area contributed by atoms with E-state index in [1.165, 1.54) is 6.92 Å². The summed E-state index contributed by atoms with van der Waals surface area (Å²) >= 11 is 0. The Morgan fingerprint density at radius 3 is 2.44 bits per heavy atom. The molecule has 25 heavy (non-hydrogen) atoms. The first kappa shape index (κ1) is 18.2. The number of allylic oxidation sites excluding steroid dienone is 2. The van der Waals surface area contributed by atoms with E-state index in [1.807, 2.05) is 26.8 Å². The average Bonchev–Trinajstić information content (AvgIpc) is 2.99. The van der Waals surface area contributed by atoms with Gasteiger partial charge in [-0.15, -0.1) is 0 Å². The Morgan fingerprint density at radius 1 is 1.24 bits per heavy atom. The first-order valence-electron chi connectivity index (χ1n) is 9.13. The molecule has 0 saturated heterocycles. The lowest BCUT2D eigenvalue weighted by Gasteiger charge is -2.41. The fourth-order valence-corrected chi connectivity index (χ4v) is 6.34. The van der Waals surface area contributed by atoms with E-state index in [2.05, 4.69) is 6.92 Å². The van der Waals surface area contributed by atoms with E-state index in [4.69, 9.17) is 9.47 Å².